The summed E-state index contributed by atoms with van der Waals surface area (Å²) in [4.78, 5) is 19.5. The average Bonchev–Trinajstić information content (AvgIpc) is 3.06. The summed E-state index contributed by atoms with van der Waals surface area (Å²) in [7, 11) is 0. The van der Waals surface area contributed by atoms with Crippen molar-refractivity contribution in [3.63, 3.8) is 0 Å². The van der Waals surface area contributed by atoms with E-state index in [0.29, 0.717) is 17.0 Å². The minimum absolute atomic E-state index is 0.291. The lowest BCUT2D eigenvalue weighted by Crippen LogP contribution is -2.41. The van der Waals surface area contributed by atoms with E-state index in [1.165, 1.54) is 11.3 Å². The standard InChI is InChI=1S/C20H20N2O2S/c1-3-22(4-2)14-10-9-13-11-15(20(23)24-17(13)12-14)19-21-16-7-5-6-8-18(16)25-19/h5-9,11-12,14H,3-4,10H2,1-2H3. The SMILES string of the molecule is CCN(CC)C1C=c2oc(=O)c(-c3nc4ccccc4s3)cc2=CC1. The Labute approximate surface area is 149 Å². The Kier molecular flexibility index (Phi) is 4.27. The third-order valence-corrected chi connectivity index (χ3v) is 5.81. The Hall–Kier alpha value is -2.24. The number of rotatable bonds is 4. The third-order valence-electron chi connectivity index (χ3n) is 4.74. The summed E-state index contributed by atoms with van der Waals surface area (Å²) in [5.74, 6) is 0. The molecule has 1 aliphatic carbocycles. The van der Waals surface area contributed by atoms with Crippen LogP contribution in [0.5, 0.6) is 0 Å². The molecule has 25 heavy (non-hydrogen) atoms. The summed E-state index contributed by atoms with van der Waals surface area (Å²) in [5, 5.41) is 1.70. The summed E-state index contributed by atoms with van der Waals surface area (Å²) in [6.07, 6.45) is 5.17. The van der Waals surface area contributed by atoms with Crippen LogP contribution in [0.2, 0.25) is 0 Å². The fraction of sp³-hybridized carbons (Fsp3) is 0.300. The molecule has 0 saturated heterocycles. The Balaban J connectivity index is 1.81. The first kappa shape index (κ1) is 16.2. The lowest BCUT2D eigenvalue weighted by molar-refractivity contribution is 0.265. The number of thiazole rings is 1. The van der Waals surface area contributed by atoms with Gasteiger partial charge in [-0.25, -0.2) is 9.78 Å². The molecular weight excluding hydrogens is 332 g/mol. The Morgan fingerprint density at radius 2 is 2.08 bits per heavy atom. The molecule has 0 saturated carbocycles. The van der Waals surface area contributed by atoms with Crippen molar-refractivity contribution < 1.29 is 4.42 Å². The van der Waals surface area contributed by atoms with Crippen LogP contribution >= 0.6 is 11.3 Å². The van der Waals surface area contributed by atoms with Crippen LogP contribution in [0.25, 0.3) is 32.9 Å². The minimum Gasteiger partial charge on any atom is -0.423 e. The Bertz CT molecular complexity index is 1060. The molecule has 1 atom stereocenters. The highest BCUT2D eigenvalue weighted by molar-refractivity contribution is 7.21. The number of para-hydroxylation sites is 1. The quantitative estimate of drug-likeness (QED) is 0.724. The van der Waals surface area contributed by atoms with Gasteiger partial charge in [-0.15, -0.1) is 11.3 Å². The smallest absolute Gasteiger partial charge is 0.346 e. The predicted molar refractivity (Wildman–Crippen MR) is 103 cm³/mol. The van der Waals surface area contributed by atoms with Gasteiger partial charge in [-0.3, -0.25) is 4.90 Å². The molecule has 0 aliphatic heterocycles. The molecule has 4 nitrogen and oxygen atoms in total. The summed E-state index contributed by atoms with van der Waals surface area (Å²) in [6, 6.07) is 10.1. The molecule has 0 bridgehead atoms. The van der Waals surface area contributed by atoms with Crippen LogP contribution in [0.1, 0.15) is 20.3 Å². The van der Waals surface area contributed by atoms with Crippen LogP contribution in [0.3, 0.4) is 0 Å². The van der Waals surface area contributed by atoms with Gasteiger partial charge < -0.3 is 4.42 Å². The maximum atomic E-state index is 12.5. The fourth-order valence-electron chi connectivity index (χ4n) is 3.36. The summed E-state index contributed by atoms with van der Waals surface area (Å²) in [6.45, 7) is 6.27. The number of benzene rings is 1. The van der Waals surface area contributed by atoms with Crippen molar-refractivity contribution in [3.8, 4) is 10.6 Å². The number of nitrogens with zero attached hydrogens (tertiary/aromatic N) is 2. The molecule has 0 N–H and O–H groups in total. The molecule has 2 heterocycles. The lowest BCUT2D eigenvalue weighted by atomic mass is 10.1. The van der Waals surface area contributed by atoms with Crippen molar-refractivity contribution in [1.82, 2.24) is 9.88 Å². The zero-order valence-electron chi connectivity index (χ0n) is 14.4. The van der Waals surface area contributed by atoms with Crippen LogP contribution in [0.4, 0.5) is 0 Å². The fourth-order valence-corrected chi connectivity index (χ4v) is 4.33. The first-order valence-electron chi connectivity index (χ1n) is 8.65. The van der Waals surface area contributed by atoms with Gasteiger partial charge in [0.25, 0.3) is 0 Å². The molecule has 0 radical (unpaired) electrons. The van der Waals surface area contributed by atoms with E-state index < -0.39 is 0 Å². The summed E-state index contributed by atoms with van der Waals surface area (Å²) in [5.41, 5.74) is 1.82. The van der Waals surface area contributed by atoms with Crippen LogP contribution < -0.4 is 16.3 Å². The van der Waals surface area contributed by atoms with E-state index in [0.717, 1.165) is 40.0 Å². The van der Waals surface area contributed by atoms with Crippen molar-refractivity contribution in [2.24, 2.45) is 0 Å². The predicted octanol–water partition coefficient (Wildman–Crippen LogP) is 2.59. The molecule has 128 valence electrons. The molecule has 3 aromatic rings. The van der Waals surface area contributed by atoms with Gasteiger partial charge in [-0.05, 0) is 43.8 Å². The molecule has 4 rings (SSSR count). The molecule has 0 fully saturated rings. The van der Waals surface area contributed by atoms with Crippen molar-refractivity contribution in [1.29, 1.82) is 0 Å². The zero-order valence-corrected chi connectivity index (χ0v) is 15.2. The number of aromatic nitrogens is 1. The van der Waals surface area contributed by atoms with Crippen molar-refractivity contribution in [2.45, 2.75) is 26.3 Å². The maximum absolute atomic E-state index is 12.5. The van der Waals surface area contributed by atoms with E-state index in [2.05, 4.69) is 35.9 Å². The van der Waals surface area contributed by atoms with Gasteiger partial charge in [-0.2, -0.15) is 0 Å². The van der Waals surface area contributed by atoms with Gasteiger partial charge >= 0.3 is 5.63 Å². The van der Waals surface area contributed by atoms with Gasteiger partial charge in [0.2, 0.25) is 0 Å². The molecule has 1 aliphatic rings. The van der Waals surface area contributed by atoms with Gasteiger partial charge in [-0.1, -0.05) is 32.1 Å². The van der Waals surface area contributed by atoms with Crippen molar-refractivity contribution in [3.05, 3.63) is 51.4 Å². The number of hydrogen-bond acceptors (Lipinski definition) is 5. The van der Waals surface area contributed by atoms with Crippen LogP contribution in [0.15, 0.2) is 39.5 Å². The minimum atomic E-state index is -0.317. The van der Waals surface area contributed by atoms with Crippen LogP contribution in [-0.4, -0.2) is 29.0 Å². The molecule has 2 aromatic heterocycles. The van der Waals surface area contributed by atoms with Crippen molar-refractivity contribution in [2.75, 3.05) is 13.1 Å². The second kappa shape index (κ2) is 6.58. The third kappa shape index (κ3) is 2.94. The van der Waals surface area contributed by atoms with Crippen LogP contribution in [-0.2, 0) is 0 Å². The van der Waals surface area contributed by atoms with Crippen molar-refractivity contribution >= 4 is 33.7 Å². The van der Waals surface area contributed by atoms with Gasteiger partial charge in [0.05, 0.1) is 15.8 Å². The average molecular weight is 352 g/mol. The Morgan fingerprint density at radius 1 is 1.28 bits per heavy atom. The second-order valence-corrected chi connectivity index (χ2v) is 7.18. The monoisotopic (exact) mass is 352 g/mol. The molecule has 5 heteroatoms. The Morgan fingerprint density at radius 3 is 2.84 bits per heavy atom. The lowest BCUT2D eigenvalue weighted by Gasteiger charge is -2.27. The number of hydrogen-bond donors (Lipinski definition) is 0. The highest BCUT2D eigenvalue weighted by atomic mass is 32.1. The van der Waals surface area contributed by atoms with E-state index in [9.17, 15) is 4.79 Å². The molecule has 1 unspecified atom stereocenters. The van der Waals surface area contributed by atoms with Crippen LogP contribution in [0, 0.1) is 0 Å². The first-order chi connectivity index (χ1) is 12.2. The number of fused-ring (bicyclic) bond motifs is 2. The van der Waals surface area contributed by atoms with E-state index in [1.54, 1.807) is 0 Å². The molecule has 1 aromatic carbocycles. The van der Waals surface area contributed by atoms with Gasteiger partial charge in [0.1, 0.15) is 10.4 Å². The van der Waals surface area contributed by atoms with E-state index in [1.807, 2.05) is 30.3 Å². The highest BCUT2D eigenvalue weighted by Gasteiger charge is 2.17. The van der Waals surface area contributed by atoms with E-state index in [-0.39, 0.29) is 5.63 Å². The van der Waals surface area contributed by atoms with E-state index in [4.69, 9.17) is 4.42 Å². The molecular formula is C20H20N2O2S. The highest BCUT2D eigenvalue weighted by Crippen LogP contribution is 2.27. The normalized spacial score (nSPS) is 16.5. The van der Waals surface area contributed by atoms with Gasteiger partial charge in [0, 0.05) is 11.3 Å². The summed E-state index contributed by atoms with van der Waals surface area (Å²) < 4.78 is 6.72. The topological polar surface area (TPSA) is 46.3 Å². The molecule has 0 amide bonds. The van der Waals surface area contributed by atoms with E-state index >= 15 is 0 Å². The maximum Gasteiger partial charge on any atom is 0.346 e. The second-order valence-electron chi connectivity index (χ2n) is 6.15. The largest absolute Gasteiger partial charge is 0.423 e. The zero-order chi connectivity index (χ0) is 17.4. The molecule has 0 spiro atoms. The van der Waals surface area contributed by atoms with Gasteiger partial charge in [0.15, 0.2) is 0 Å². The summed E-state index contributed by atoms with van der Waals surface area (Å²) >= 11 is 1.52. The first-order valence-corrected chi connectivity index (χ1v) is 9.47.